The number of rotatable bonds is 11. The molecule has 3 rings (SSSR count). The van der Waals surface area contributed by atoms with Crippen molar-refractivity contribution in [2.75, 3.05) is 5.32 Å². The number of benzene rings is 2. The van der Waals surface area contributed by atoms with E-state index in [9.17, 15) is 14.9 Å². The van der Waals surface area contributed by atoms with E-state index in [1.807, 2.05) is 47.0 Å². The largest absolute Gasteiger partial charge is 0.432 e. The summed E-state index contributed by atoms with van der Waals surface area (Å²) in [4.78, 5) is 21.6. The molecular weight excluding hydrogens is 587 g/mol. The van der Waals surface area contributed by atoms with Crippen LogP contribution in [0.3, 0.4) is 0 Å². The van der Waals surface area contributed by atoms with Crippen molar-refractivity contribution < 1.29 is 18.4 Å². The lowest BCUT2D eigenvalue weighted by Crippen LogP contribution is -2.41. The molecule has 0 fully saturated rings. The van der Waals surface area contributed by atoms with Crippen LogP contribution in [-0.2, 0) is 6.42 Å². The van der Waals surface area contributed by atoms with E-state index in [0.29, 0.717) is 40.4 Å². The van der Waals surface area contributed by atoms with Gasteiger partial charge in [-0.1, -0.05) is 52.3 Å². The van der Waals surface area contributed by atoms with Crippen molar-refractivity contribution >= 4 is 33.9 Å². The fourth-order valence-electron chi connectivity index (χ4n) is 4.71. The molecule has 0 saturated heterocycles. The predicted molar refractivity (Wildman–Crippen MR) is 172 cm³/mol. The molecule has 2 aromatic carbocycles. The average Bonchev–Trinajstić information content (AvgIpc) is 3.34. The Labute approximate surface area is 256 Å². The van der Waals surface area contributed by atoms with Crippen molar-refractivity contribution in [3.8, 4) is 17.5 Å². The van der Waals surface area contributed by atoms with Gasteiger partial charge in [-0.05, 0) is 97.3 Å². The quantitative estimate of drug-likeness (QED) is 0.182. The molecule has 11 heteroatoms. The molecule has 0 spiro atoms. The highest BCUT2D eigenvalue weighted by Crippen LogP contribution is 2.45. The van der Waals surface area contributed by atoms with Gasteiger partial charge in [0.15, 0.2) is 16.6 Å². The van der Waals surface area contributed by atoms with E-state index in [0.717, 1.165) is 11.3 Å². The monoisotopic (exact) mass is 630 g/mol. The zero-order chi connectivity index (χ0) is 31.8. The first kappa shape index (κ1) is 33.9. The van der Waals surface area contributed by atoms with Crippen LogP contribution in [0, 0.1) is 30.0 Å². The highest BCUT2D eigenvalue weighted by Gasteiger charge is 2.41. The number of hydrogen-bond acceptors (Lipinski definition) is 7. The summed E-state index contributed by atoms with van der Waals surface area (Å²) in [6.07, 6.45) is 1.09. The van der Waals surface area contributed by atoms with E-state index < -0.39 is 27.7 Å². The fraction of sp³-hybridized carbons (Fsp3) is 0.516. The summed E-state index contributed by atoms with van der Waals surface area (Å²) < 4.78 is 21.4. The molecule has 0 aliphatic heterocycles. The molecule has 42 heavy (non-hydrogen) atoms. The lowest BCUT2D eigenvalue weighted by Gasteiger charge is -2.38. The van der Waals surface area contributed by atoms with Crippen LogP contribution in [0.15, 0.2) is 34.7 Å². The Bertz CT molecular complexity index is 1470. The number of nitriles is 1. The molecule has 3 N–H and O–H groups in total. The van der Waals surface area contributed by atoms with Crippen LogP contribution in [0.5, 0.6) is 0 Å². The predicted octanol–water partition coefficient (Wildman–Crippen LogP) is 8.39. The van der Waals surface area contributed by atoms with Gasteiger partial charge in [0.05, 0.1) is 10.6 Å². The van der Waals surface area contributed by atoms with E-state index in [4.69, 9.17) is 16.0 Å². The standard InChI is InChI=1S/C31H44ClFN4O3Si2/c1-19(16-30(3,4)41(7,8)38)27(35-25-14-13-23(18-34)26(32)20(25)2)29-37-36-28(40-29)21-11-12-22(24(33)15-21)17-31(5,6)42(9,10)39/h11-15,19,27,35,38-39H,16-17H2,1-10H3/t19-,27-/m1/s1. The molecule has 1 heterocycles. The van der Waals surface area contributed by atoms with Crippen molar-refractivity contribution in [1.29, 1.82) is 5.26 Å². The van der Waals surface area contributed by atoms with Crippen molar-refractivity contribution in [3.63, 3.8) is 0 Å². The van der Waals surface area contributed by atoms with Crippen LogP contribution in [0.2, 0.25) is 41.3 Å². The smallest absolute Gasteiger partial charge is 0.247 e. The normalized spacial score (nSPS) is 14.4. The molecule has 0 radical (unpaired) electrons. The summed E-state index contributed by atoms with van der Waals surface area (Å²) in [5.41, 5.74) is 2.82. The highest BCUT2D eigenvalue weighted by molar-refractivity contribution is 6.73. The Balaban J connectivity index is 1.99. The number of aromatic nitrogens is 2. The molecule has 0 aliphatic rings. The first-order valence-corrected chi connectivity index (χ1v) is 20.5. The van der Waals surface area contributed by atoms with Gasteiger partial charge in [0.25, 0.3) is 0 Å². The second kappa shape index (κ2) is 12.2. The van der Waals surface area contributed by atoms with E-state index >= 15 is 4.39 Å². The van der Waals surface area contributed by atoms with Gasteiger partial charge in [-0.15, -0.1) is 10.2 Å². The maximum Gasteiger partial charge on any atom is 0.247 e. The Morgan fingerprint density at radius 2 is 1.67 bits per heavy atom. The van der Waals surface area contributed by atoms with Crippen molar-refractivity contribution in [2.45, 2.75) is 96.7 Å². The molecule has 2 atom stereocenters. The lowest BCUT2D eigenvalue weighted by atomic mass is 9.90. The average molecular weight is 631 g/mol. The zero-order valence-electron chi connectivity index (χ0n) is 26.4. The summed E-state index contributed by atoms with van der Waals surface area (Å²) in [7, 11) is -5.03. The van der Waals surface area contributed by atoms with Gasteiger partial charge < -0.3 is 19.3 Å². The summed E-state index contributed by atoms with van der Waals surface area (Å²) in [6.45, 7) is 19.6. The molecule has 0 bridgehead atoms. The van der Waals surface area contributed by atoms with Gasteiger partial charge in [0, 0.05) is 11.3 Å². The molecule has 0 aliphatic carbocycles. The van der Waals surface area contributed by atoms with Gasteiger partial charge in [0.2, 0.25) is 11.8 Å². The van der Waals surface area contributed by atoms with Gasteiger partial charge in [-0.3, -0.25) is 0 Å². The SMILES string of the molecule is Cc1c(N[C@@H](c2nnc(-c3ccc(CC(C)(C)[Si](C)(C)O)c(F)c3)o2)[C@H](C)CC(C)(C)[Si](C)(C)O)ccc(C#N)c1Cl. The van der Waals surface area contributed by atoms with Crippen molar-refractivity contribution in [2.24, 2.45) is 5.92 Å². The minimum Gasteiger partial charge on any atom is -0.432 e. The topological polar surface area (TPSA) is 115 Å². The van der Waals surface area contributed by atoms with Gasteiger partial charge in [-0.25, -0.2) is 4.39 Å². The molecular formula is C31H44ClFN4O3Si2. The zero-order valence-corrected chi connectivity index (χ0v) is 29.1. The molecule has 0 amide bonds. The molecule has 7 nitrogen and oxygen atoms in total. The molecule has 228 valence electrons. The second-order valence-electron chi connectivity index (χ2n) is 13.8. The van der Waals surface area contributed by atoms with E-state index in [1.54, 1.807) is 24.3 Å². The number of nitrogens with zero attached hydrogens (tertiary/aromatic N) is 3. The third kappa shape index (κ3) is 7.32. The molecule has 0 saturated carbocycles. The maximum absolute atomic E-state index is 15.3. The third-order valence-corrected chi connectivity index (χ3v) is 16.7. The van der Waals surface area contributed by atoms with Crippen LogP contribution in [0.1, 0.15) is 69.7 Å². The van der Waals surface area contributed by atoms with Crippen LogP contribution < -0.4 is 5.32 Å². The van der Waals surface area contributed by atoms with Crippen LogP contribution in [0.4, 0.5) is 10.1 Å². The summed E-state index contributed by atoms with van der Waals surface area (Å²) in [6, 6.07) is 9.99. The summed E-state index contributed by atoms with van der Waals surface area (Å²) in [5.74, 6) is 0.0651. The molecule has 1 aromatic heterocycles. The Morgan fingerprint density at radius 1 is 1.05 bits per heavy atom. The van der Waals surface area contributed by atoms with Gasteiger partial charge >= 0.3 is 0 Å². The minimum atomic E-state index is -2.51. The first-order chi connectivity index (χ1) is 19.2. The number of hydrogen-bond donors (Lipinski definition) is 3. The molecule has 3 aromatic rings. The van der Waals surface area contributed by atoms with E-state index in [-0.39, 0.29) is 22.7 Å². The van der Waals surface area contributed by atoms with Crippen LogP contribution in [-0.4, -0.2) is 36.4 Å². The first-order valence-electron chi connectivity index (χ1n) is 14.2. The third-order valence-electron chi connectivity index (χ3n) is 9.17. The van der Waals surface area contributed by atoms with Gasteiger partial charge in [-0.2, -0.15) is 5.26 Å². The minimum absolute atomic E-state index is 0.0617. The van der Waals surface area contributed by atoms with Crippen molar-refractivity contribution in [1.82, 2.24) is 10.2 Å². The number of halogens is 2. The van der Waals surface area contributed by atoms with Crippen LogP contribution >= 0.6 is 11.6 Å². The molecule has 0 unspecified atom stereocenters. The van der Waals surface area contributed by atoms with Gasteiger partial charge in [0.1, 0.15) is 17.9 Å². The number of nitrogens with one attached hydrogen (secondary N) is 1. The van der Waals surface area contributed by atoms with E-state index in [1.165, 1.54) is 6.07 Å². The lowest BCUT2D eigenvalue weighted by molar-refractivity contribution is 0.330. The number of anilines is 1. The highest BCUT2D eigenvalue weighted by atomic mass is 35.5. The van der Waals surface area contributed by atoms with Crippen molar-refractivity contribution in [3.05, 3.63) is 63.8 Å². The Hall–Kier alpha value is -2.56. The summed E-state index contributed by atoms with van der Waals surface area (Å²) >= 11 is 6.46. The van der Waals surface area contributed by atoms with Crippen LogP contribution in [0.25, 0.3) is 11.5 Å². The summed E-state index contributed by atoms with van der Waals surface area (Å²) in [5, 5.41) is 21.2. The van der Waals surface area contributed by atoms with E-state index in [2.05, 4.69) is 42.4 Å². The fourth-order valence-corrected chi connectivity index (χ4v) is 6.36. The second-order valence-corrected chi connectivity index (χ2v) is 23.2. The Morgan fingerprint density at radius 3 is 2.21 bits per heavy atom. The maximum atomic E-state index is 15.3. The Kier molecular flexibility index (Phi) is 9.87.